The van der Waals surface area contributed by atoms with Crippen LogP contribution in [-0.4, -0.2) is 21.2 Å². The third-order valence-electron chi connectivity index (χ3n) is 4.59. The van der Waals surface area contributed by atoms with Crippen molar-refractivity contribution in [2.24, 2.45) is 11.3 Å². The Balaban J connectivity index is 1.71. The average Bonchev–Trinajstić information content (AvgIpc) is 3.23. The average molecular weight is 314 g/mol. The minimum Gasteiger partial charge on any atom is -0.312 e. The Morgan fingerprint density at radius 1 is 1.35 bits per heavy atom. The van der Waals surface area contributed by atoms with Crippen LogP contribution in [-0.2, 0) is 16.4 Å². The van der Waals surface area contributed by atoms with E-state index in [4.69, 9.17) is 11.6 Å². The van der Waals surface area contributed by atoms with Crippen LogP contribution in [0.5, 0.6) is 0 Å². The summed E-state index contributed by atoms with van der Waals surface area (Å²) in [5.41, 5.74) is 1.20. The molecule has 110 valence electrons. The van der Waals surface area contributed by atoms with E-state index in [0.29, 0.717) is 27.4 Å². The molecule has 0 atom stereocenters. The fourth-order valence-electron chi connectivity index (χ4n) is 3.08. The molecule has 5 heteroatoms. The Morgan fingerprint density at radius 2 is 2.05 bits per heavy atom. The summed E-state index contributed by atoms with van der Waals surface area (Å²) < 4.78 is 23.6. The maximum Gasteiger partial charge on any atom is 0.175 e. The van der Waals surface area contributed by atoms with E-state index in [2.05, 4.69) is 5.32 Å². The van der Waals surface area contributed by atoms with E-state index in [1.165, 1.54) is 31.9 Å². The molecule has 20 heavy (non-hydrogen) atoms. The molecule has 2 fully saturated rings. The number of benzene rings is 1. The predicted molar refractivity (Wildman–Crippen MR) is 80.7 cm³/mol. The largest absolute Gasteiger partial charge is 0.312 e. The van der Waals surface area contributed by atoms with Gasteiger partial charge >= 0.3 is 0 Å². The van der Waals surface area contributed by atoms with Crippen molar-refractivity contribution >= 4 is 21.4 Å². The van der Waals surface area contributed by atoms with Crippen LogP contribution in [0.4, 0.5) is 0 Å². The van der Waals surface area contributed by atoms with Crippen molar-refractivity contribution in [3.63, 3.8) is 0 Å². The summed E-state index contributed by atoms with van der Waals surface area (Å²) in [5.74, 6) is 0.899. The molecule has 1 N–H and O–H groups in total. The second-order valence-corrected chi connectivity index (χ2v) is 8.62. The molecule has 2 aliphatic carbocycles. The van der Waals surface area contributed by atoms with Crippen molar-refractivity contribution in [2.45, 2.75) is 37.1 Å². The summed E-state index contributed by atoms with van der Waals surface area (Å²) in [6.45, 7) is 1.50. The van der Waals surface area contributed by atoms with Gasteiger partial charge in [-0.05, 0) is 49.1 Å². The quantitative estimate of drug-likeness (QED) is 0.878. The number of nitrogens with one attached hydrogen (secondary N) is 1. The van der Waals surface area contributed by atoms with Crippen LogP contribution >= 0.6 is 11.6 Å². The van der Waals surface area contributed by atoms with E-state index in [9.17, 15) is 8.42 Å². The zero-order chi connectivity index (χ0) is 14.4. The molecule has 3 rings (SSSR count). The molecule has 2 saturated carbocycles. The van der Waals surface area contributed by atoms with Gasteiger partial charge in [-0.1, -0.05) is 17.7 Å². The van der Waals surface area contributed by atoms with Gasteiger partial charge in [0.25, 0.3) is 0 Å². The summed E-state index contributed by atoms with van der Waals surface area (Å²) in [6.07, 6.45) is 6.58. The van der Waals surface area contributed by atoms with Crippen molar-refractivity contribution in [3.8, 4) is 0 Å². The molecule has 0 amide bonds. The first kappa shape index (κ1) is 14.4. The molecule has 1 aromatic carbocycles. The van der Waals surface area contributed by atoms with E-state index in [0.717, 1.165) is 12.5 Å². The molecule has 0 spiro atoms. The normalized spacial score (nSPS) is 20.9. The highest BCUT2D eigenvalue weighted by Gasteiger charge is 2.53. The second-order valence-electron chi connectivity index (χ2n) is 6.23. The highest BCUT2D eigenvalue weighted by Crippen LogP contribution is 2.60. The van der Waals surface area contributed by atoms with Gasteiger partial charge in [-0.3, -0.25) is 0 Å². The minimum atomic E-state index is -3.23. The lowest BCUT2D eigenvalue weighted by Gasteiger charge is -2.16. The Hall–Kier alpha value is -0.580. The minimum absolute atomic E-state index is 0.341. The van der Waals surface area contributed by atoms with E-state index in [1.54, 1.807) is 18.2 Å². The van der Waals surface area contributed by atoms with Crippen molar-refractivity contribution in [1.82, 2.24) is 5.32 Å². The Bertz CT molecular complexity index is 619. The van der Waals surface area contributed by atoms with Crippen molar-refractivity contribution in [1.29, 1.82) is 0 Å². The molecular formula is C15H20ClNO2S. The number of hydrogen-bond acceptors (Lipinski definition) is 3. The molecule has 3 nitrogen and oxygen atoms in total. The smallest absolute Gasteiger partial charge is 0.175 e. The zero-order valence-electron chi connectivity index (χ0n) is 11.7. The third-order valence-corrected chi connectivity index (χ3v) is 6.13. The highest BCUT2D eigenvalue weighted by molar-refractivity contribution is 7.90. The standard InChI is InChI=1S/C15H20ClNO2S/c1-20(18,19)14-4-2-3-13(16)12(14)9-17-10-15(7-8-15)11-5-6-11/h2-4,11,17H,5-10H2,1H3. The molecule has 0 aromatic heterocycles. The Morgan fingerprint density at radius 3 is 2.60 bits per heavy atom. The lowest BCUT2D eigenvalue weighted by Crippen LogP contribution is -2.25. The number of rotatable bonds is 6. The second kappa shape index (κ2) is 5.00. The highest BCUT2D eigenvalue weighted by atomic mass is 35.5. The van der Waals surface area contributed by atoms with Crippen LogP contribution in [0.3, 0.4) is 0 Å². The molecule has 2 aliphatic rings. The van der Waals surface area contributed by atoms with Gasteiger partial charge < -0.3 is 5.32 Å². The number of halogens is 1. The maximum atomic E-state index is 11.8. The lowest BCUT2D eigenvalue weighted by atomic mass is 10.0. The summed E-state index contributed by atoms with van der Waals surface area (Å²) >= 11 is 6.17. The van der Waals surface area contributed by atoms with Crippen LogP contribution in [0.15, 0.2) is 23.1 Å². The fourth-order valence-corrected chi connectivity index (χ4v) is 4.33. The Kier molecular flexibility index (Phi) is 3.59. The Labute approximate surface area is 125 Å². The van der Waals surface area contributed by atoms with E-state index >= 15 is 0 Å². The van der Waals surface area contributed by atoms with Crippen LogP contribution in [0.2, 0.25) is 5.02 Å². The van der Waals surface area contributed by atoms with Gasteiger partial charge in [0, 0.05) is 29.9 Å². The maximum absolute atomic E-state index is 11.8. The van der Waals surface area contributed by atoms with Crippen LogP contribution in [0.25, 0.3) is 0 Å². The van der Waals surface area contributed by atoms with Gasteiger partial charge in [0.2, 0.25) is 0 Å². The number of hydrogen-bond donors (Lipinski definition) is 1. The topological polar surface area (TPSA) is 46.2 Å². The summed E-state index contributed by atoms with van der Waals surface area (Å²) in [7, 11) is -3.23. The summed E-state index contributed by atoms with van der Waals surface area (Å²) in [6, 6.07) is 5.07. The predicted octanol–water partition coefficient (Wildman–Crippen LogP) is 3.02. The monoisotopic (exact) mass is 313 g/mol. The van der Waals surface area contributed by atoms with Crippen LogP contribution in [0.1, 0.15) is 31.2 Å². The summed E-state index contributed by atoms with van der Waals surface area (Å²) in [4.78, 5) is 0.341. The molecular weight excluding hydrogens is 294 g/mol. The first-order chi connectivity index (χ1) is 9.42. The van der Waals surface area contributed by atoms with Gasteiger partial charge in [0.15, 0.2) is 9.84 Å². The van der Waals surface area contributed by atoms with E-state index < -0.39 is 9.84 Å². The molecule has 0 radical (unpaired) electrons. The van der Waals surface area contributed by atoms with Gasteiger partial charge in [-0.25, -0.2) is 8.42 Å². The lowest BCUT2D eigenvalue weighted by molar-refractivity contribution is 0.403. The van der Waals surface area contributed by atoms with E-state index in [-0.39, 0.29) is 0 Å². The summed E-state index contributed by atoms with van der Waals surface area (Å²) in [5, 5.41) is 3.95. The molecule has 0 aliphatic heterocycles. The van der Waals surface area contributed by atoms with Crippen molar-refractivity contribution in [3.05, 3.63) is 28.8 Å². The first-order valence-corrected chi connectivity index (χ1v) is 9.37. The molecule has 0 saturated heterocycles. The van der Waals surface area contributed by atoms with Crippen molar-refractivity contribution < 1.29 is 8.42 Å². The van der Waals surface area contributed by atoms with Gasteiger partial charge in [-0.2, -0.15) is 0 Å². The fraction of sp³-hybridized carbons (Fsp3) is 0.600. The first-order valence-electron chi connectivity index (χ1n) is 7.11. The molecule has 0 heterocycles. The van der Waals surface area contributed by atoms with Gasteiger partial charge in [-0.15, -0.1) is 0 Å². The molecule has 1 aromatic rings. The van der Waals surface area contributed by atoms with Crippen molar-refractivity contribution in [2.75, 3.05) is 12.8 Å². The van der Waals surface area contributed by atoms with Gasteiger partial charge in [0.05, 0.1) is 4.90 Å². The number of sulfone groups is 1. The van der Waals surface area contributed by atoms with E-state index in [1.807, 2.05) is 0 Å². The third kappa shape index (κ3) is 2.87. The van der Waals surface area contributed by atoms with Gasteiger partial charge in [0.1, 0.15) is 0 Å². The SMILES string of the molecule is CS(=O)(=O)c1cccc(Cl)c1CNCC1(C2CC2)CC1. The van der Waals surface area contributed by atoms with Crippen LogP contribution in [0, 0.1) is 11.3 Å². The molecule has 0 unspecified atom stereocenters. The zero-order valence-corrected chi connectivity index (χ0v) is 13.2. The van der Waals surface area contributed by atoms with Crippen LogP contribution < -0.4 is 5.32 Å². The molecule has 0 bridgehead atoms.